The Kier molecular flexibility index (Phi) is 5.94. The van der Waals surface area contributed by atoms with Crippen molar-refractivity contribution in [3.8, 4) is 0 Å². The summed E-state index contributed by atoms with van der Waals surface area (Å²) in [5, 5.41) is 2.80. The molecule has 0 unspecified atom stereocenters. The van der Waals surface area contributed by atoms with Crippen LogP contribution in [-0.2, 0) is 4.74 Å². The Morgan fingerprint density at radius 3 is 2.80 bits per heavy atom. The van der Waals surface area contributed by atoms with Crippen LogP contribution < -0.4 is 11.1 Å². The largest absolute Gasteiger partial charge is 0.376 e. The van der Waals surface area contributed by atoms with Crippen molar-refractivity contribution in [3.63, 3.8) is 0 Å². The number of hydrogen-bond donors (Lipinski definition) is 2. The Labute approximate surface area is 127 Å². The minimum Gasteiger partial charge on any atom is -0.376 e. The van der Waals surface area contributed by atoms with Crippen molar-refractivity contribution in [1.29, 1.82) is 0 Å². The first-order valence-corrected chi connectivity index (χ1v) is 7.71. The van der Waals surface area contributed by atoms with E-state index < -0.39 is 0 Å². The van der Waals surface area contributed by atoms with E-state index in [1.807, 2.05) is 0 Å². The summed E-state index contributed by atoms with van der Waals surface area (Å²) in [6, 6.07) is 3.81. The Morgan fingerprint density at radius 1 is 1.40 bits per heavy atom. The zero-order valence-corrected chi connectivity index (χ0v) is 12.9. The van der Waals surface area contributed by atoms with E-state index in [-0.39, 0.29) is 12.0 Å². The van der Waals surface area contributed by atoms with Crippen LogP contribution in [0.4, 0.5) is 0 Å². The van der Waals surface area contributed by atoms with Crippen LogP contribution in [0, 0.1) is 0 Å². The molecule has 6 heteroatoms. The molecule has 1 aromatic rings. The van der Waals surface area contributed by atoms with Gasteiger partial charge in [0.1, 0.15) is 5.69 Å². The van der Waals surface area contributed by atoms with Gasteiger partial charge in [-0.05, 0) is 53.7 Å². The molecular formula is C14H20BrN3O2. The molecule has 5 nitrogen and oxygen atoms in total. The highest BCUT2D eigenvalue weighted by Crippen LogP contribution is 2.19. The molecular weight excluding hydrogens is 322 g/mol. The first kappa shape index (κ1) is 15.4. The predicted octanol–water partition coefficient (Wildman–Crippen LogP) is 1.86. The normalized spacial score (nSPS) is 22.5. The van der Waals surface area contributed by atoms with Crippen molar-refractivity contribution in [2.24, 2.45) is 5.73 Å². The standard InChI is InChI=1S/C14H20BrN3O2/c15-10-1-6-13(18-9-10)14(19)17-7-8-20-12-4-2-11(16)3-5-12/h1,6,9,11-12H,2-5,7-8,16H2,(H,17,19). The fraction of sp³-hybridized carbons (Fsp3) is 0.571. The average molecular weight is 342 g/mol. The molecule has 0 radical (unpaired) electrons. The molecule has 1 heterocycles. The molecule has 110 valence electrons. The van der Waals surface area contributed by atoms with E-state index in [0.29, 0.717) is 24.9 Å². The lowest BCUT2D eigenvalue weighted by Gasteiger charge is -2.26. The van der Waals surface area contributed by atoms with Gasteiger partial charge in [0.2, 0.25) is 0 Å². The maximum Gasteiger partial charge on any atom is 0.269 e. The highest BCUT2D eigenvalue weighted by Gasteiger charge is 2.18. The monoisotopic (exact) mass is 341 g/mol. The summed E-state index contributed by atoms with van der Waals surface area (Å²) in [5.41, 5.74) is 6.26. The molecule has 1 aliphatic carbocycles. The van der Waals surface area contributed by atoms with E-state index in [1.165, 1.54) is 0 Å². The molecule has 1 amide bonds. The number of nitrogens with zero attached hydrogens (tertiary/aromatic N) is 1. The Bertz CT molecular complexity index is 431. The third-order valence-electron chi connectivity index (χ3n) is 3.42. The zero-order chi connectivity index (χ0) is 14.4. The lowest BCUT2D eigenvalue weighted by Crippen LogP contribution is -2.33. The fourth-order valence-electron chi connectivity index (χ4n) is 2.25. The van der Waals surface area contributed by atoms with Crippen LogP contribution in [0.25, 0.3) is 0 Å². The number of carbonyl (C=O) groups is 1. The molecule has 20 heavy (non-hydrogen) atoms. The summed E-state index contributed by atoms with van der Waals surface area (Å²) in [7, 11) is 0. The minimum atomic E-state index is -0.174. The molecule has 0 spiro atoms. The van der Waals surface area contributed by atoms with Gasteiger partial charge in [0, 0.05) is 23.3 Å². The number of halogens is 1. The smallest absolute Gasteiger partial charge is 0.269 e. The minimum absolute atomic E-state index is 0.174. The third-order valence-corrected chi connectivity index (χ3v) is 3.89. The second kappa shape index (κ2) is 7.71. The highest BCUT2D eigenvalue weighted by atomic mass is 79.9. The number of nitrogens with one attached hydrogen (secondary N) is 1. The van der Waals surface area contributed by atoms with Gasteiger partial charge in [0.25, 0.3) is 5.91 Å². The van der Waals surface area contributed by atoms with Crippen molar-refractivity contribution >= 4 is 21.8 Å². The van der Waals surface area contributed by atoms with E-state index in [2.05, 4.69) is 26.2 Å². The summed E-state index contributed by atoms with van der Waals surface area (Å²) in [6.07, 6.45) is 5.99. The predicted molar refractivity (Wildman–Crippen MR) is 80.5 cm³/mol. The highest BCUT2D eigenvalue weighted by molar-refractivity contribution is 9.10. The van der Waals surface area contributed by atoms with Gasteiger partial charge in [-0.15, -0.1) is 0 Å². The van der Waals surface area contributed by atoms with Gasteiger partial charge in [-0.3, -0.25) is 4.79 Å². The Morgan fingerprint density at radius 2 is 2.15 bits per heavy atom. The van der Waals surface area contributed by atoms with Gasteiger partial charge in [0.05, 0.1) is 12.7 Å². The van der Waals surface area contributed by atoms with Crippen LogP contribution in [0.2, 0.25) is 0 Å². The Balaban J connectivity index is 1.63. The molecule has 1 saturated carbocycles. The fourth-order valence-corrected chi connectivity index (χ4v) is 2.48. The number of aromatic nitrogens is 1. The van der Waals surface area contributed by atoms with Gasteiger partial charge in [-0.2, -0.15) is 0 Å². The molecule has 0 aliphatic heterocycles. The van der Waals surface area contributed by atoms with Gasteiger partial charge in [-0.1, -0.05) is 0 Å². The van der Waals surface area contributed by atoms with Crippen LogP contribution in [0.3, 0.4) is 0 Å². The van der Waals surface area contributed by atoms with E-state index in [0.717, 1.165) is 30.2 Å². The second-order valence-electron chi connectivity index (χ2n) is 5.03. The van der Waals surface area contributed by atoms with Crippen LogP contribution in [-0.4, -0.2) is 36.2 Å². The van der Waals surface area contributed by atoms with Gasteiger partial charge in [-0.25, -0.2) is 4.98 Å². The summed E-state index contributed by atoms with van der Waals surface area (Å²) >= 11 is 3.28. The molecule has 0 saturated heterocycles. The van der Waals surface area contributed by atoms with Crippen molar-refractivity contribution < 1.29 is 9.53 Å². The molecule has 3 N–H and O–H groups in total. The molecule has 1 fully saturated rings. The molecule has 2 rings (SSSR count). The van der Waals surface area contributed by atoms with Gasteiger partial charge < -0.3 is 15.8 Å². The molecule has 0 aromatic carbocycles. The van der Waals surface area contributed by atoms with Gasteiger partial charge in [0.15, 0.2) is 0 Å². The third kappa shape index (κ3) is 4.85. The SMILES string of the molecule is NC1CCC(OCCNC(=O)c2ccc(Br)cn2)CC1. The van der Waals surface area contributed by atoms with Crippen molar-refractivity contribution in [3.05, 3.63) is 28.5 Å². The molecule has 1 aromatic heterocycles. The first-order valence-electron chi connectivity index (χ1n) is 6.92. The lowest BCUT2D eigenvalue weighted by atomic mass is 9.94. The Hall–Kier alpha value is -0.980. The van der Waals surface area contributed by atoms with Crippen LogP contribution in [0.5, 0.6) is 0 Å². The number of carbonyl (C=O) groups excluding carboxylic acids is 1. The number of amides is 1. The van der Waals surface area contributed by atoms with E-state index in [9.17, 15) is 4.79 Å². The average Bonchev–Trinajstić information content (AvgIpc) is 2.46. The molecule has 0 bridgehead atoms. The summed E-state index contributed by atoms with van der Waals surface area (Å²) < 4.78 is 6.59. The van der Waals surface area contributed by atoms with Crippen molar-refractivity contribution in [1.82, 2.24) is 10.3 Å². The van der Waals surface area contributed by atoms with Crippen molar-refractivity contribution in [2.45, 2.75) is 37.8 Å². The summed E-state index contributed by atoms with van der Waals surface area (Å²) in [6.45, 7) is 1.03. The number of hydrogen-bond acceptors (Lipinski definition) is 4. The number of ether oxygens (including phenoxy) is 1. The van der Waals surface area contributed by atoms with E-state index >= 15 is 0 Å². The molecule has 0 atom stereocenters. The number of pyridine rings is 1. The maximum atomic E-state index is 11.8. The van der Waals surface area contributed by atoms with Crippen LogP contribution >= 0.6 is 15.9 Å². The quantitative estimate of drug-likeness (QED) is 0.801. The first-order chi connectivity index (χ1) is 9.65. The zero-order valence-electron chi connectivity index (χ0n) is 11.3. The summed E-state index contributed by atoms with van der Waals surface area (Å²) in [5.74, 6) is -0.174. The topological polar surface area (TPSA) is 77.2 Å². The van der Waals surface area contributed by atoms with Crippen molar-refractivity contribution in [2.75, 3.05) is 13.2 Å². The lowest BCUT2D eigenvalue weighted by molar-refractivity contribution is 0.0267. The number of rotatable bonds is 5. The van der Waals surface area contributed by atoms with E-state index in [1.54, 1.807) is 18.3 Å². The maximum absolute atomic E-state index is 11.8. The van der Waals surface area contributed by atoms with E-state index in [4.69, 9.17) is 10.5 Å². The number of nitrogens with two attached hydrogens (primary N) is 1. The van der Waals surface area contributed by atoms with Crippen LogP contribution in [0.15, 0.2) is 22.8 Å². The van der Waals surface area contributed by atoms with Crippen LogP contribution in [0.1, 0.15) is 36.2 Å². The second-order valence-corrected chi connectivity index (χ2v) is 5.94. The summed E-state index contributed by atoms with van der Waals surface area (Å²) in [4.78, 5) is 15.8. The molecule has 1 aliphatic rings. The van der Waals surface area contributed by atoms with Gasteiger partial charge >= 0.3 is 0 Å².